The first-order valence-electron chi connectivity index (χ1n) is 11.0. The molecule has 2 aliphatic rings. The minimum atomic E-state index is 0. The molecule has 0 bridgehead atoms. The van der Waals surface area contributed by atoms with Crippen molar-refractivity contribution in [3.63, 3.8) is 0 Å². The Morgan fingerprint density at radius 3 is 2.72 bits per heavy atom. The summed E-state index contributed by atoms with van der Waals surface area (Å²) in [5, 5.41) is 7.00. The van der Waals surface area contributed by atoms with Crippen molar-refractivity contribution in [3.8, 4) is 5.75 Å². The maximum absolute atomic E-state index is 5.98. The van der Waals surface area contributed by atoms with Gasteiger partial charge in [0.25, 0.3) is 0 Å². The lowest BCUT2D eigenvalue weighted by atomic mass is 10.1. The number of hydrogen-bond donors (Lipinski definition) is 1. The van der Waals surface area contributed by atoms with Gasteiger partial charge in [0.1, 0.15) is 5.75 Å². The Morgan fingerprint density at radius 1 is 0.969 bits per heavy atom. The van der Waals surface area contributed by atoms with E-state index >= 15 is 0 Å². The molecule has 2 aliphatic heterocycles. The first-order chi connectivity index (χ1) is 14.9. The van der Waals surface area contributed by atoms with Crippen LogP contribution in [-0.4, -0.2) is 61.7 Å². The molecule has 0 radical (unpaired) electrons. The zero-order valence-electron chi connectivity index (χ0n) is 18.3. The monoisotopic (exact) mass is 455 g/mol. The SMILES string of the molecule is C1=Cc2ccc(OCCCCN3CCN(c4cccc5sccc45)CC3)cc2NC1.O.O. The van der Waals surface area contributed by atoms with Gasteiger partial charge in [0.2, 0.25) is 0 Å². The van der Waals surface area contributed by atoms with Crippen LogP contribution in [0, 0.1) is 0 Å². The van der Waals surface area contributed by atoms with Crippen LogP contribution in [0.4, 0.5) is 11.4 Å². The molecule has 0 unspecified atom stereocenters. The summed E-state index contributed by atoms with van der Waals surface area (Å²) in [5.41, 5.74) is 3.81. The van der Waals surface area contributed by atoms with Crippen molar-refractivity contribution in [2.24, 2.45) is 0 Å². The molecule has 3 aromatic rings. The lowest BCUT2D eigenvalue weighted by Crippen LogP contribution is -2.46. The highest BCUT2D eigenvalue weighted by Gasteiger charge is 2.18. The zero-order chi connectivity index (χ0) is 20.2. The van der Waals surface area contributed by atoms with Gasteiger partial charge in [-0.3, -0.25) is 4.90 Å². The molecule has 2 aromatic carbocycles. The van der Waals surface area contributed by atoms with Crippen LogP contribution in [0.5, 0.6) is 5.75 Å². The van der Waals surface area contributed by atoms with Crippen LogP contribution in [0.3, 0.4) is 0 Å². The predicted molar refractivity (Wildman–Crippen MR) is 136 cm³/mol. The fourth-order valence-corrected chi connectivity index (χ4v) is 5.18. The molecule has 1 saturated heterocycles. The summed E-state index contributed by atoms with van der Waals surface area (Å²) in [6, 6.07) is 15.3. The number of fused-ring (bicyclic) bond motifs is 2. The Kier molecular flexibility index (Phi) is 8.53. The summed E-state index contributed by atoms with van der Waals surface area (Å²) < 4.78 is 7.37. The topological polar surface area (TPSA) is 90.7 Å². The van der Waals surface area contributed by atoms with Crippen molar-refractivity contribution in [1.82, 2.24) is 4.90 Å². The normalized spacial score (nSPS) is 15.4. The molecule has 7 heteroatoms. The second kappa shape index (κ2) is 11.3. The Bertz CT molecular complexity index is 1030. The van der Waals surface area contributed by atoms with Crippen molar-refractivity contribution in [1.29, 1.82) is 0 Å². The summed E-state index contributed by atoms with van der Waals surface area (Å²) in [4.78, 5) is 5.15. The number of rotatable bonds is 7. The van der Waals surface area contributed by atoms with Crippen LogP contribution < -0.4 is 15.0 Å². The number of nitrogens with one attached hydrogen (secondary N) is 1. The minimum absolute atomic E-state index is 0. The van der Waals surface area contributed by atoms with Crippen molar-refractivity contribution >= 4 is 38.9 Å². The van der Waals surface area contributed by atoms with Gasteiger partial charge < -0.3 is 25.9 Å². The van der Waals surface area contributed by atoms with Crippen LogP contribution in [0.25, 0.3) is 16.2 Å². The molecule has 0 atom stereocenters. The fraction of sp³-hybridized carbons (Fsp3) is 0.360. The van der Waals surface area contributed by atoms with E-state index in [0.717, 1.165) is 58.0 Å². The Balaban J connectivity index is 0.00000144. The summed E-state index contributed by atoms with van der Waals surface area (Å²) in [7, 11) is 0. The minimum Gasteiger partial charge on any atom is -0.494 e. The molecule has 0 amide bonds. The van der Waals surface area contributed by atoms with E-state index in [-0.39, 0.29) is 11.0 Å². The van der Waals surface area contributed by atoms with Gasteiger partial charge in [0, 0.05) is 60.3 Å². The molecule has 1 aromatic heterocycles. The van der Waals surface area contributed by atoms with Gasteiger partial charge >= 0.3 is 0 Å². The van der Waals surface area contributed by atoms with Crippen molar-refractivity contribution < 1.29 is 15.7 Å². The number of anilines is 2. The average molecular weight is 456 g/mol. The van der Waals surface area contributed by atoms with E-state index in [2.05, 4.69) is 75.1 Å². The van der Waals surface area contributed by atoms with Crippen molar-refractivity contribution in [3.05, 3.63) is 59.5 Å². The number of hydrogen-bond acceptors (Lipinski definition) is 5. The summed E-state index contributed by atoms with van der Waals surface area (Å²) in [5.74, 6) is 0.966. The van der Waals surface area contributed by atoms with Gasteiger partial charge in [-0.25, -0.2) is 0 Å². The summed E-state index contributed by atoms with van der Waals surface area (Å²) >= 11 is 1.83. The van der Waals surface area contributed by atoms with E-state index in [9.17, 15) is 0 Å². The van der Waals surface area contributed by atoms with Crippen molar-refractivity contribution in [2.45, 2.75) is 12.8 Å². The van der Waals surface area contributed by atoms with E-state index in [1.807, 2.05) is 11.3 Å². The number of thiophene rings is 1. The second-order valence-electron chi connectivity index (χ2n) is 8.03. The van der Waals surface area contributed by atoms with Crippen LogP contribution in [0.2, 0.25) is 0 Å². The molecule has 5 N–H and O–H groups in total. The van der Waals surface area contributed by atoms with E-state index in [4.69, 9.17) is 4.74 Å². The second-order valence-corrected chi connectivity index (χ2v) is 8.97. The quantitative estimate of drug-likeness (QED) is 0.550. The number of nitrogens with zero attached hydrogens (tertiary/aromatic N) is 2. The fourth-order valence-electron chi connectivity index (χ4n) is 4.37. The van der Waals surface area contributed by atoms with Gasteiger partial charge in [-0.2, -0.15) is 0 Å². The van der Waals surface area contributed by atoms with Gasteiger partial charge in [0.15, 0.2) is 0 Å². The largest absolute Gasteiger partial charge is 0.494 e. The van der Waals surface area contributed by atoms with E-state index in [1.54, 1.807) is 0 Å². The predicted octanol–water partition coefficient (Wildman–Crippen LogP) is 3.67. The van der Waals surface area contributed by atoms with Crippen LogP contribution in [0.1, 0.15) is 18.4 Å². The number of piperazine rings is 1. The molecule has 172 valence electrons. The van der Waals surface area contributed by atoms with Gasteiger partial charge in [0.05, 0.1) is 6.61 Å². The highest BCUT2D eigenvalue weighted by molar-refractivity contribution is 7.17. The maximum atomic E-state index is 5.98. The van der Waals surface area contributed by atoms with E-state index < -0.39 is 0 Å². The molecule has 0 saturated carbocycles. The smallest absolute Gasteiger partial charge is 0.121 e. The first-order valence-corrected chi connectivity index (χ1v) is 11.9. The molecule has 6 nitrogen and oxygen atoms in total. The maximum Gasteiger partial charge on any atom is 0.121 e. The van der Waals surface area contributed by atoms with Gasteiger partial charge in [-0.15, -0.1) is 11.3 Å². The number of benzene rings is 2. The molecule has 32 heavy (non-hydrogen) atoms. The third kappa shape index (κ3) is 5.42. The number of ether oxygens (including phenoxy) is 1. The summed E-state index contributed by atoms with van der Waals surface area (Å²) in [6.07, 6.45) is 6.59. The molecule has 0 spiro atoms. The van der Waals surface area contributed by atoms with E-state index in [1.165, 1.54) is 33.4 Å². The summed E-state index contributed by atoms with van der Waals surface area (Å²) in [6.45, 7) is 7.36. The lowest BCUT2D eigenvalue weighted by Gasteiger charge is -2.36. The lowest BCUT2D eigenvalue weighted by molar-refractivity contribution is 0.239. The van der Waals surface area contributed by atoms with Gasteiger partial charge in [-0.1, -0.05) is 18.2 Å². The highest BCUT2D eigenvalue weighted by Crippen LogP contribution is 2.31. The average Bonchev–Trinajstić information content (AvgIpc) is 3.28. The third-order valence-corrected chi connectivity index (χ3v) is 6.94. The molecular formula is C25H33N3O3S. The van der Waals surface area contributed by atoms with Crippen LogP contribution >= 0.6 is 11.3 Å². The highest BCUT2D eigenvalue weighted by atomic mass is 32.1. The van der Waals surface area contributed by atoms with Crippen LogP contribution in [0.15, 0.2) is 53.9 Å². The molecule has 0 aliphatic carbocycles. The van der Waals surface area contributed by atoms with Gasteiger partial charge in [-0.05, 0) is 60.7 Å². The van der Waals surface area contributed by atoms with Crippen LogP contribution in [-0.2, 0) is 0 Å². The standard InChI is InChI=1S/C25H29N3OS.2H2O/c1(2-17-29-21-9-8-20-5-4-11-26-23(20)19-21)12-27-13-15-28(16-14-27)24-6-3-7-25-22(24)10-18-30-25;;/h3-10,18-19,26H,1-2,11-17H2;2*1H2. The first kappa shape index (κ1) is 24.1. The zero-order valence-corrected chi connectivity index (χ0v) is 19.2. The third-order valence-electron chi connectivity index (χ3n) is 6.06. The number of unbranched alkanes of at least 4 members (excludes halogenated alkanes) is 1. The molecule has 5 rings (SSSR count). The van der Waals surface area contributed by atoms with Crippen molar-refractivity contribution in [2.75, 3.05) is 56.1 Å². The Hall–Kier alpha value is -2.58. The molecule has 3 heterocycles. The molecule has 1 fully saturated rings. The molecular weight excluding hydrogens is 422 g/mol. The Morgan fingerprint density at radius 2 is 1.84 bits per heavy atom. The Labute approximate surface area is 193 Å². The van der Waals surface area contributed by atoms with E-state index in [0.29, 0.717) is 0 Å².